The van der Waals surface area contributed by atoms with E-state index in [2.05, 4.69) is 29.4 Å². The molecule has 0 rings (SSSR count). The molecule has 0 aliphatic heterocycles. The van der Waals surface area contributed by atoms with E-state index in [-0.39, 0.29) is 0 Å². The Morgan fingerprint density at radius 3 is 2.37 bits per heavy atom. The normalized spacial score (nSPS) is 14.3. The van der Waals surface area contributed by atoms with Gasteiger partial charge in [0.25, 0.3) is 0 Å². The highest BCUT2D eigenvalue weighted by atomic mass is 16.4. The Hall–Kier alpha value is -1.30. The number of carboxylic acids is 1. The average Bonchev–Trinajstić information content (AvgIpc) is 2.33. The molecule has 6 nitrogen and oxygen atoms in total. The lowest BCUT2D eigenvalue weighted by atomic mass is 10.00. The Labute approximate surface area is 115 Å². The summed E-state index contributed by atoms with van der Waals surface area (Å²) >= 11 is 0. The van der Waals surface area contributed by atoms with Crippen LogP contribution in [-0.4, -0.2) is 53.7 Å². The molecule has 0 saturated carbocycles. The monoisotopic (exact) mass is 273 g/mol. The zero-order valence-electron chi connectivity index (χ0n) is 12.6. The van der Waals surface area contributed by atoms with E-state index in [1.54, 1.807) is 6.92 Å². The Bertz CT molecular complexity index is 308. The van der Waals surface area contributed by atoms with Crippen LogP contribution in [0.2, 0.25) is 0 Å². The maximum Gasteiger partial charge on any atom is 0.329 e. The van der Waals surface area contributed by atoms with Gasteiger partial charge in [-0.05, 0) is 47.2 Å². The van der Waals surface area contributed by atoms with E-state index in [0.717, 1.165) is 13.0 Å². The molecule has 112 valence electrons. The van der Waals surface area contributed by atoms with Gasteiger partial charge in [0.05, 0.1) is 0 Å². The quantitative estimate of drug-likeness (QED) is 0.582. The first-order valence-corrected chi connectivity index (χ1v) is 6.72. The van der Waals surface area contributed by atoms with Gasteiger partial charge in [0, 0.05) is 12.6 Å². The summed E-state index contributed by atoms with van der Waals surface area (Å²) in [5, 5.41) is 14.2. The third-order valence-electron chi connectivity index (χ3n) is 3.42. The van der Waals surface area contributed by atoms with Crippen LogP contribution < -0.4 is 10.6 Å². The minimum absolute atomic E-state index is 0.339. The number of aliphatic carboxylic acids is 1. The second-order valence-electron chi connectivity index (χ2n) is 5.30. The highest BCUT2D eigenvalue weighted by molar-refractivity contribution is 5.85. The summed E-state index contributed by atoms with van der Waals surface area (Å²) in [6.45, 7) is 8.87. The van der Waals surface area contributed by atoms with Gasteiger partial charge in [0.2, 0.25) is 0 Å². The van der Waals surface area contributed by atoms with Crippen molar-refractivity contribution in [2.24, 2.45) is 0 Å². The standard InChI is InChI=1S/C13H27N3O3/c1-6-13(4,11(17)18)15-12(19)14-8-7-9-16(5)10(2)3/h10H,6-9H2,1-5H3,(H,17,18)(H2,14,15,19). The number of hydrogen-bond donors (Lipinski definition) is 3. The van der Waals surface area contributed by atoms with Crippen LogP contribution in [0.5, 0.6) is 0 Å². The number of rotatable bonds is 8. The van der Waals surface area contributed by atoms with Gasteiger partial charge in [-0.3, -0.25) is 0 Å². The fraction of sp³-hybridized carbons (Fsp3) is 0.846. The molecule has 0 fully saturated rings. The summed E-state index contributed by atoms with van der Waals surface area (Å²) in [5.74, 6) is -1.02. The van der Waals surface area contributed by atoms with Crippen molar-refractivity contribution < 1.29 is 14.7 Å². The molecule has 0 aromatic heterocycles. The van der Waals surface area contributed by atoms with Crippen molar-refractivity contribution in [3.05, 3.63) is 0 Å². The summed E-state index contributed by atoms with van der Waals surface area (Å²) in [5.41, 5.74) is -1.21. The van der Waals surface area contributed by atoms with Gasteiger partial charge in [-0.1, -0.05) is 6.92 Å². The summed E-state index contributed by atoms with van der Waals surface area (Å²) in [6, 6.07) is 0.0446. The van der Waals surface area contributed by atoms with Crippen LogP contribution in [0.3, 0.4) is 0 Å². The molecule has 0 radical (unpaired) electrons. The molecule has 0 aliphatic rings. The summed E-state index contributed by atoms with van der Waals surface area (Å²) in [7, 11) is 2.03. The van der Waals surface area contributed by atoms with Gasteiger partial charge in [-0.25, -0.2) is 9.59 Å². The third-order valence-corrected chi connectivity index (χ3v) is 3.42. The summed E-state index contributed by atoms with van der Waals surface area (Å²) < 4.78 is 0. The Morgan fingerprint density at radius 2 is 1.95 bits per heavy atom. The number of hydrogen-bond acceptors (Lipinski definition) is 3. The fourth-order valence-electron chi connectivity index (χ4n) is 1.38. The van der Waals surface area contributed by atoms with E-state index >= 15 is 0 Å². The van der Waals surface area contributed by atoms with Crippen LogP contribution >= 0.6 is 0 Å². The van der Waals surface area contributed by atoms with Crippen LogP contribution in [0.1, 0.15) is 40.5 Å². The first-order chi connectivity index (χ1) is 8.73. The number of carboxylic acid groups (broad SMARTS) is 1. The maximum absolute atomic E-state index is 11.6. The number of amides is 2. The van der Waals surface area contributed by atoms with Gasteiger partial charge < -0.3 is 20.6 Å². The lowest BCUT2D eigenvalue weighted by Gasteiger charge is -2.25. The molecule has 1 atom stereocenters. The Morgan fingerprint density at radius 1 is 1.37 bits per heavy atom. The minimum Gasteiger partial charge on any atom is -0.480 e. The van der Waals surface area contributed by atoms with E-state index in [1.165, 1.54) is 6.92 Å². The van der Waals surface area contributed by atoms with Crippen molar-refractivity contribution in [1.29, 1.82) is 0 Å². The van der Waals surface area contributed by atoms with Crippen molar-refractivity contribution in [1.82, 2.24) is 15.5 Å². The molecule has 0 saturated heterocycles. The van der Waals surface area contributed by atoms with Crippen LogP contribution in [0.4, 0.5) is 4.79 Å². The molecule has 6 heteroatoms. The number of carbonyl (C=O) groups excluding carboxylic acids is 1. The first-order valence-electron chi connectivity index (χ1n) is 6.72. The van der Waals surface area contributed by atoms with Crippen molar-refractivity contribution >= 4 is 12.0 Å². The van der Waals surface area contributed by atoms with E-state index in [4.69, 9.17) is 5.11 Å². The number of carbonyl (C=O) groups is 2. The zero-order valence-corrected chi connectivity index (χ0v) is 12.6. The lowest BCUT2D eigenvalue weighted by molar-refractivity contribution is -0.143. The fourth-order valence-corrected chi connectivity index (χ4v) is 1.38. The number of nitrogens with one attached hydrogen (secondary N) is 2. The first kappa shape index (κ1) is 17.7. The van der Waals surface area contributed by atoms with Crippen LogP contribution in [0.15, 0.2) is 0 Å². The molecule has 0 aromatic rings. The SMILES string of the molecule is CCC(C)(NC(=O)NCCCN(C)C(C)C)C(=O)O. The molecular weight excluding hydrogens is 246 g/mol. The number of nitrogens with zero attached hydrogens (tertiary/aromatic N) is 1. The van der Waals surface area contributed by atoms with Gasteiger partial charge in [0.15, 0.2) is 0 Å². The molecule has 0 spiro atoms. The van der Waals surface area contributed by atoms with Crippen LogP contribution in [-0.2, 0) is 4.79 Å². The predicted octanol–water partition coefficient (Wildman–Crippen LogP) is 1.27. The summed E-state index contributed by atoms with van der Waals surface area (Å²) in [6.07, 6.45) is 1.17. The molecule has 3 N–H and O–H groups in total. The Kier molecular flexibility index (Phi) is 7.44. The van der Waals surface area contributed by atoms with Crippen molar-refractivity contribution in [2.45, 2.75) is 52.1 Å². The molecule has 1 unspecified atom stereocenters. The molecule has 19 heavy (non-hydrogen) atoms. The minimum atomic E-state index is -1.21. The van der Waals surface area contributed by atoms with Crippen molar-refractivity contribution in [3.63, 3.8) is 0 Å². The second kappa shape index (κ2) is 7.99. The van der Waals surface area contributed by atoms with Crippen molar-refractivity contribution in [3.8, 4) is 0 Å². The largest absolute Gasteiger partial charge is 0.480 e. The third kappa shape index (κ3) is 6.42. The van der Waals surface area contributed by atoms with Gasteiger partial charge in [-0.2, -0.15) is 0 Å². The average molecular weight is 273 g/mol. The molecule has 0 aliphatic carbocycles. The van der Waals surface area contributed by atoms with Crippen molar-refractivity contribution in [2.75, 3.05) is 20.1 Å². The second-order valence-corrected chi connectivity index (χ2v) is 5.30. The molecule has 0 heterocycles. The predicted molar refractivity (Wildman–Crippen MR) is 75.2 cm³/mol. The summed E-state index contributed by atoms with van der Waals surface area (Å²) in [4.78, 5) is 24.8. The van der Waals surface area contributed by atoms with E-state index in [9.17, 15) is 9.59 Å². The lowest BCUT2D eigenvalue weighted by Crippen LogP contribution is -2.55. The Balaban J connectivity index is 3.97. The van der Waals surface area contributed by atoms with Gasteiger partial charge in [0.1, 0.15) is 5.54 Å². The molecular formula is C13H27N3O3. The topological polar surface area (TPSA) is 81.7 Å². The molecule has 0 bridgehead atoms. The smallest absolute Gasteiger partial charge is 0.329 e. The highest BCUT2D eigenvalue weighted by Gasteiger charge is 2.32. The van der Waals surface area contributed by atoms with Crippen LogP contribution in [0.25, 0.3) is 0 Å². The zero-order chi connectivity index (χ0) is 15.1. The molecule has 0 aromatic carbocycles. The van der Waals surface area contributed by atoms with E-state index in [0.29, 0.717) is 19.0 Å². The maximum atomic E-state index is 11.6. The molecule has 2 amide bonds. The van der Waals surface area contributed by atoms with E-state index in [1.807, 2.05) is 7.05 Å². The van der Waals surface area contributed by atoms with Gasteiger partial charge >= 0.3 is 12.0 Å². The van der Waals surface area contributed by atoms with Crippen LogP contribution in [0, 0.1) is 0 Å². The highest BCUT2D eigenvalue weighted by Crippen LogP contribution is 2.08. The number of urea groups is 1. The van der Waals surface area contributed by atoms with E-state index < -0.39 is 17.5 Å². The van der Waals surface area contributed by atoms with Gasteiger partial charge in [-0.15, -0.1) is 0 Å².